The lowest BCUT2D eigenvalue weighted by Gasteiger charge is -2.40. The van der Waals surface area contributed by atoms with Gasteiger partial charge in [-0.3, -0.25) is 9.59 Å². The molecule has 1 saturated carbocycles. The molecule has 2 aromatic rings. The predicted octanol–water partition coefficient (Wildman–Crippen LogP) is 5.23. The molecule has 5 rings (SSSR count). The average molecular weight is 624 g/mol. The fraction of sp³-hybridized carbons (Fsp3) is 0.500. The van der Waals surface area contributed by atoms with E-state index in [0.717, 1.165) is 25.3 Å². The number of alkyl halides is 3. The highest BCUT2D eigenvalue weighted by Crippen LogP contribution is 2.40. The summed E-state index contributed by atoms with van der Waals surface area (Å²) in [7, 11) is 1.89. The number of halogens is 5. The van der Waals surface area contributed by atoms with Gasteiger partial charge in [0.25, 0.3) is 5.91 Å². The third kappa shape index (κ3) is 6.30. The lowest BCUT2D eigenvalue weighted by molar-refractivity contribution is -0.138. The number of benzene rings is 1. The number of ether oxygens (including phenoxy) is 1. The maximum Gasteiger partial charge on any atom is 0.417 e. The second kappa shape index (κ2) is 11.9. The van der Waals surface area contributed by atoms with Crippen LogP contribution < -0.4 is 15.8 Å². The van der Waals surface area contributed by atoms with Crippen LogP contribution in [-0.4, -0.2) is 78.2 Å². The molecule has 238 valence electrons. The van der Waals surface area contributed by atoms with Crippen molar-refractivity contribution in [3.63, 3.8) is 0 Å². The first-order valence-electron chi connectivity index (χ1n) is 14.4. The van der Waals surface area contributed by atoms with Gasteiger partial charge in [-0.1, -0.05) is 6.08 Å². The van der Waals surface area contributed by atoms with Gasteiger partial charge in [-0.25, -0.2) is 13.6 Å². The summed E-state index contributed by atoms with van der Waals surface area (Å²) in [6, 6.07) is 1.30. The first kappa shape index (κ1) is 31.5. The van der Waals surface area contributed by atoms with E-state index in [1.54, 1.807) is 4.90 Å². The normalized spacial score (nSPS) is 20.5. The molecule has 2 aliphatic heterocycles. The highest BCUT2D eigenvalue weighted by Gasteiger charge is 2.39. The van der Waals surface area contributed by atoms with E-state index in [1.807, 2.05) is 25.8 Å². The monoisotopic (exact) mass is 623 g/mol. The Morgan fingerprint density at radius 3 is 2.45 bits per heavy atom. The van der Waals surface area contributed by atoms with Gasteiger partial charge in [0, 0.05) is 57.1 Å². The summed E-state index contributed by atoms with van der Waals surface area (Å²) >= 11 is 0. The number of hydrogen-bond donors (Lipinski definition) is 2. The molecule has 44 heavy (non-hydrogen) atoms. The molecule has 0 radical (unpaired) electrons. The summed E-state index contributed by atoms with van der Waals surface area (Å²) < 4.78 is 78.8. The van der Waals surface area contributed by atoms with E-state index in [9.17, 15) is 27.6 Å². The standard InChI is InChI=1S/C30H34F5N5O4/c1-17-16-40(12-11-38(17)3)22-14-21(31)24(18-5-9-39(10-6-18)28(43)44-29(2)7-4-8-29)25(32)26(22)37-27(42)19-15-36-23(41)13-20(19)30(33,34)35/h5,13-15,17H,4,6-12,16H2,1-3H3,(H,36,41)(H,37,42)/t17-/m0/s1. The van der Waals surface area contributed by atoms with Crippen LogP contribution in [0.1, 0.15) is 61.0 Å². The minimum Gasteiger partial charge on any atom is -0.443 e. The summed E-state index contributed by atoms with van der Waals surface area (Å²) in [6.07, 6.45) is -0.869. The van der Waals surface area contributed by atoms with Crippen molar-refractivity contribution in [3.8, 4) is 0 Å². The highest BCUT2D eigenvalue weighted by atomic mass is 19.4. The third-order valence-corrected chi connectivity index (χ3v) is 8.74. The quantitative estimate of drug-likeness (QED) is 0.443. The zero-order valence-corrected chi connectivity index (χ0v) is 24.6. The van der Waals surface area contributed by atoms with Crippen LogP contribution in [-0.2, 0) is 10.9 Å². The fourth-order valence-corrected chi connectivity index (χ4v) is 5.73. The van der Waals surface area contributed by atoms with E-state index in [-0.39, 0.29) is 42.9 Å². The van der Waals surface area contributed by atoms with Crippen LogP contribution in [0.3, 0.4) is 0 Å². The molecule has 3 heterocycles. The number of carbonyl (C=O) groups is 2. The fourth-order valence-electron chi connectivity index (χ4n) is 5.73. The number of nitrogens with zero attached hydrogens (tertiary/aromatic N) is 3. The molecule has 1 atom stereocenters. The molecule has 2 amide bonds. The number of aromatic amines is 1. The Hall–Kier alpha value is -3.94. The molecule has 1 saturated heterocycles. The summed E-state index contributed by atoms with van der Waals surface area (Å²) in [6.45, 7) is 5.15. The van der Waals surface area contributed by atoms with Crippen LogP contribution in [0.2, 0.25) is 0 Å². The van der Waals surface area contributed by atoms with Gasteiger partial charge >= 0.3 is 12.3 Å². The molecule has 0 spiro atoms. The summed E-state index contributed by atoms with van der Waals surface area (Å²) in [5.74, 6) is -3.39. The Bertz CT molecular complexity index is 1550. The van der Waals surface area contributed by atoms with Gasteiger partial charge < -0.3 is 29.7 Å². The van der Waals surface area contributed by atoms with E-state index >= 15 is 8.78 Å². The molecule has 0 unspecified atom stereocenters. The zero-order valence-electron chi connectivity index (χ0n) is 24.6. The van der Waals surface area contributed by atoms with E-state index in [0.29, 0.717) is 25.8 Å². The van der Waals surface area contributed by atoms with Gasteiger partial charge in [-0.05, 0) is 52.2 Å². The number of aromatic nitrogens is 1. The van der Waals surface area contributed by atoms with Crippen molar-refractivity contribution in [2.24, 2.45) is 0 Å². The lowest BCUT2D eigenvalue weighted by atomic mass is 9.82. The second-order valence-electron chi connectivity index (χ2n) is 11.9. The second-order valence-corrected chi connectivity index (χ2v) is 11.9. The average Bonchev–Trinajstić information content (AvgIpc) is 2.94. The van der Waals surface area contributed by atoms with Crippen LogP contribution in [0.25, 0.3) is 5.57 Å². The van der Waals surface area contributed by atoms with E-state index in [4.69, 9.17) is 4.74 Å². The number of piperazine rings is 1. The van der Waals surface area contributed by atoms with Gasteiger partial charge in [0.1, 0.15) is 17.1 Å². The van der Waals surface area contributed by atoms with Gasteiger partial charge in [0.05, 0.1) is 22.4 Å². The Morgan fingerprint density at radius 2 is 1.86 bits per heavy atom. The zero-order chi connectivity index (χ0) is 32.0. The number of carbonyl (C=O) groups excluding carboxylic acids is 2. The van der Waals surface area contributed by atoms with E-state index < -0.39 is 63.3 Å². The van der Waals surface area contributed by atoms with Crippen molar-refractivity contribution < 1.29 is 36.3 Å². The summed E-state index contributed by atoms with van der Waals surface area (Å²) in [5.41, 5.74) is -4.70. The number of rotatable bonds is 5. The third-order valence-electron chi connectivity index (χ3n) is 8.74. The number of anilines is 2. The number of H-pyrrole nitrogens is 1. The maximum atomic E-state index is 16.4. The predicted molar refractivity (Wildman–Crippen MR) is 154 cm³/mol. The minimum absolute atomic E-state index is 0.0228. The molecular formula is C30H34F5N5O4. The number of likely N-dealkylation sites (N-methyl/N-ethyl adjacent to an activating group) is 1. The van der Waals surface area contributed by atoms with Gasteiger partial charge in [0.2, 0.25) is 5.56 Å². The first-order chi connectivity index (χ1) is 20.7. The van der Waals surface area contributed by atoms with Gasteiger partial charge in [-0.2, -0.15) is 13.2 Å². The smallest absolute Gasteiger partial charge is 0.417 e. The van der Waals surface area contributed by atoms with Crippen molar-refractivity contribution in [2.45, 2.75) is 57.3 Å². The van der Waals surface area contributed by atoms with Crippen molar-refractivity contribution in [1.29, 1.82) is 0 Å². The largest absolute Gasteiger partial charge is 0.443 e. The van der Waals surface area contributed by atoms with Crippen LogP contribution in [0.4, 0.5) is 38.1 Å². The van der Waals surface area contributed by atoms with Crippen LogP contribution >= 0.6 is 0 Å². The molecule has 1 aromatic heterocycles. The number of pyridine rings is 1. The Balaban J connectivity index is 1.50. The highest BCUT2D eigenvalue weighted by molar-refractivity contribution is 6.07. The van der Waals surface area contributed by atoms with Crippen molar-refractivity contribution >= 4 is 28.9 Å². The molecule has 1 aromatic carbocycles. The maximum absolute atomic E-state index is 16.4. The molecular weight excluding hydrogens is 589 g/mol. The van der Waals surface area contributed by atoms with Gasteiger partial charge in [0.15, 0.2) is 5.82 Å². The molecule has 0 bridgehead atoms. The minimum atomic E-state index is -5.04. The van der Waals surface area contributed by atoms with E-state index in [2.05, 4.69) is 10.3 Å². The lowest BCUT2D eigenvalue weighted by Crippen LogP contribution is -2.50. The topological polar surface area (TPSA) is 98.0 Å². The van der Waals surface area contributed by atoms with Crippen LogP contribution in [0, 0.1) is 11.6 Å². The van der Waals surface area contributed by atoms with Crippen molar-refractivity contribution in [1.82, 2.24) is 14.8 Å². The van der Waals surface area contributed by atoms with Crippen LogP contribution in [0.5, 0.6) is 0 Å². The number of amides is 2. The summed E-state index contributed by atoms with van der Waals surface area (Å²) in [5, 5.41) is 2.25. The molecule has 14 heteroatoms. The molecule has 2 fully saturated rings. The van der Waals surface area contributed by atoms with E-state index in [1.165, 1.54) is 11.0 Å². The Kier molecular flexibility index (Phi) is 8.49. The number of hydrogen-bond acceptors (Lipinski definition) is 6. The van der Waals surface area contributed by atoms with Gasteiger partial charge in [-0.15, -0.1) is 0 Å². The summed E-state index contributed by atoms with van der Waals surface area (Å²) in [4.78, 5) is 44.7. The molecule has 1 aliphatic carbocycles. The molecule has 9 nitrogen and oxygen atoms in total. The molecule has 2 N–H and O–H groups in total. The van der Waals surface area contributed by atoms with Crippen molar-refractivity contribution in [2.75, 3.05) is 50.0 Å². The Labute approximate surface area is 250 Å². The SMILES string of the molecule is C[C@H]1CN(c2cc(F)c(C3=CCN(C(=O)OC4(C)CCC4)CC3)c(F)c2NC(=O)c2c[nH]c(=O)cc2C(F)(F)F)CCN1C. The van der Waals surface area contributed by atoms with Crippen molar-refractivity contribution in [3.05, 3.63) is 63.1 Å². The number of nitrogens with one attached hydrogen (secondary N) is 2. The van der Waals surface area contributed by atoms with Crippen LogP contribution in [0.15, 0.2) is 29.2 Å². The Morgan fingerprint density at radius 1 is 1.14 bits per heavy atom. The first-order valence-corrected chi connectivity index (χ1v) is 14.4. The molecule has 3 aliphatic rings.